The number of methoxy groups -OCH3 is 2. The van der Waals surface area contributed by atoms with Crippen LogP contribution < -0.4 is 15.2 Å². The number of hydrogen-bond acceptors (Lipinski definition) is 8. The Labute approximate surface area is 227 Å². The molecule has 0 saturated carbocycles. The zero-order chi connectivity index (χ0) is 27.3. The summed E-state index contributed by atoms with van der Waals surface area (Å²) < 4.78 is 28.7. The first-order valence-electron chi connectivity index (χ1n) is 12.6. The minimum atomic E-state index is -1.32. The number of fused-ring (bicyclic) bond motifs is 1. The molecule has 1 unspecified atom stereocenters. The van der Waals surface area contributed by atoms with Crippen LogP contribution in [0.3, 0.4) is 0 Å². The third-order valence-corrected chi connectivity index (χ3v) is 8.51. The minimum Gasteiger partial charge on any atom is -0.477 e. The van der Waals surface area contributed by atoms with Gasteiger partial charge >= 0.3 is 5.97 Å². The molecule has 9 nitrogen and oxygen atoms in total. The van der Waals surface area contributed by atoms with E-state index in [4.69, 9.17) is 14.5 Å². The number of thiazole rings is 1. The molecule has 39 heavy (non-hydrogen) atoms. The number of benzene rings is 2. The highest BCUT2D eigenvalue weighted by molar-refractivity contribution is 7.22. The maximum atomic E-state index is 15.4. The number of rotatable bonds is 7. The SMILES string of the molecule is COC1CN(c2nc3ccc(-n4cc(C(=O)O)c(=O)cc4-c4ccc(N5CCC(OC)C5)c(F)c4)cc3s2)C1. The second-order valence-electron chi connectivity index (χ2n) is 9.78. The predicted octanol–water partition coefficient (Wildman–Crippen LogP) is 4.01. The lowest BCUT2D eigenvalue weighted by molar-refractivity contribution is 0.0694. The number of hydrogen-bond donors (Lipinski definition) is 1. The number of carboxylic acids is 1. The van der Waals surface area contributed by atoms with Gasteiger partial charge < -0.3 is 28.9 Å². The van der Waals surface area contributed by atoms with Crippen LogP contribution in [0.25, 0.3) is 27.2 Å². The molecule has 0 radical (unpaired) electrons. The molecular weight excluding hydrogens is 523 g/mol. The molecule has 0 aliphatic carbocycles. The third-order valence-electron chi connectivity index (χ3n) is 7.43. The van der Waals surface area contributed by atoms with Gasteiger partial charge in [0.2, 0.25) is 0 Å². The predicted molar refractivity (Wildman–Crippen MR) is 148 cm³/mol. The highest BCUT2D eigenvalue weighted by Crippen LogP contribution is 2.35. The van der Waals surface area contributed by atoms with Crippen LogP contribution in [0, 0.1) is 5.82 Å². The zero-order valence-corrected chi connectivity index (χ0v) is 22.3. The average Bonchev–Trinajstić information content (AvgIpc) is 3.54. The number of aromatic carboxylic acids is 1. The summed E-state index contributed by atoms with van der Waals surface area (Å²) in [4.78, 5) is 33.3. The molecule has 0 amide bonds. The van der Waals surface area contributed by atoms with Gasteiger partial charge in [0, 0.05) is 63.9 Å². The van der Waals surface area contributed by atoms with Crippen LogP contribution in [0.5, 0.6) is 0 Å². The van der Waals surface area contributed by atoms with Gasteiger partial charge in [-0.15, -0.1) is 0 Å². The zero-order valence-electron chi connectivity index (χ0n) is 21.5. The highest BCUT2D eigenvalue weighted by Gasteiger charge is 2.29. The largest absolute Gasteiger partial charge is 0.477 e. The standard InChI is InChI=1S/C28H27FN4O5S/c1-37-18-7-8-31(12-18)23-6-3-16(9-21(23)29)24-11-25(34)20(27(35)36)15-33(24)17-4-5-22-26(10-17)39-28(30-22)32-13-19(14-32)38-2/h3-6,9-11,15,18-19H,7-8,12-14H2,1-2H3,(H,35,36). The van der Waals surface area contributed by atoms with E-state index in [0.717, 1.165) is 34.9 Å². The summed E-state index contributed by atoms with van der Waals surface area (Å²) in [7, 11) is 3.35. The second-order valence-corrected chi connectivity index (χ2v) is 10.8. The summed E-state index contributed by atoms with van der Waals surface area (Å²) in [6, 6.07) is 11.7. The monoisotopic (exact) mass is 550 g/mol. The van der Waals surface area contributed by atoms with Gasteiger partial charge in [0.15, 0.2) is 10.6 Å². The molecule has 2 aliphatic heterocycles. The van der Waals surface area contributed by atoms with E-state index in [1.807, 2.05) is 23.1 Å². The van der Waals surface area contributed by atoms with Crippen molar-refractivity contribution in [2.75, 3.05) is 50.2 Å². The Balaban J connectivity index is 1.40. The van der Waals surface area contributed by atoms with Crippen molar-refractivity contribution in [3.63, 3.8) is 0 Å². The summed E-state index contributed by atoms with van der Waals surface area (Å²) in [5.74, 6) is -1.74. The summed E-state index contributed by atoms with van der Waals surface area (Å²) >= 11 is 1.53. The van der Waals surface area contributed by atoms with Crippen LogP contribution in [0.1, 0.15) is 16.8 Å². The van der Waals surface area contributed by atoms with E-state index in [9.17, 15) is 14.7 Å². The van der Waals surface area contributed by atoms with Gasteiger partial charge in [-0.1, -0.05) is 17.4 Å². The molecule has 4 aromatic rings. The summed E-state index contributed by atoms with van der Waals surface area (Å²) in [6.45, 7) is 2.85. The van der Waals surface area contributed by atoms with E-state index in [1.165, 1.54) is 29.7 Å². The van der Waals surface area contributed by atoms with Gasteiger partial charge in [-0.3, -0.25) is 4.79 Å². The van der Waals surface area contributed by atoms with Crippen molar-refractivity contribution in [3.8, 4) is 16.9 Å². The molecule has 2 aromatic heterocycles. The minimum absolute atomic E-state index is 0.0579. The first kappa shape index (κ1) is 25.5. The van der Waals surface area contributed by atoms with E-state index < -0.39 is 17.2 Å². The van der Waals surface area contributed by atoms with Gasteiger partial charge in [0.1, 0.15) is 11.4 Å². The number of aromatic nitrogens is 2. The van der Waals surface area contributed by atoms with Crippen LogP contribution in [0.15, 0.2) is 53.5 Å². The lowest BCUT2D eigenvalue weighted by Crippen LogP contribution is -2.51. The number of halogens is 1. The van der Waals surface area contributed by atoms with Crippen molar-refractivity contribution in [2.24, 2.45) is 0 Å². The summed E-state index contributed by atoms with van der Waals surface area (Å²) in [5.41, 5.74) is 1.76. The number of carboxylic acid groups (broad SMARTS) is 1. The van der Waals surface area contributed by atoms with Crippen LogP contribution in [0.4, 0.5) is 15.2 Å². The molecule has 11 heteroatoms. The Bertz CT molecular complexity index is 1630. The number of nitrogens with zero attached hydrogens (tertiary/aromatic N) is 4. The molecule has 1 N–H and O–H groups in total. The smallest absolute Gasteiger partial charge is 0.341 e. The topological polar surface area (TPSA) is 97.1 Å². The van der Waals surface area contributed by atoms with Crippen LogP contribution in [0.2, 0.25) is 0 Å². The maximum absolute atomic E-state index is 15.4. The lowest BCUT2D eigenvalue weighted by Gasteiger charge is -2.37. The van der Waals surface area contributed by atoms with Gasteiger partial charge in [-0.2, -0.15) is 0 Å². The van der Waals surface area contributed by atoms with Crippen molar-refractivity contribution in [1.82, 2.24) is 9.55 Å². The first-order valence-corrected chi connectivity index (χ1v) is 13.4. The fourth-order valence-corrected chi connectivity index (χ4v) is 6.14. The number of ether oxygens (including phenoxy) is 2. The molecular formula is C28H27FN4O5S. The fraction of sp³-hybridized carbons (Fsp3) is 0.321. The molecule has 6 rings (SSSR count). The average molecular weight is 551 g/mol. The fourth-order valence-electron chi connectivity index (χ4n) is 5.12. The molecule has 2 fully saturated rings. The van der Waals surface area contributed by atoms with E-state index in [2.05, 4.69) is 4.90 Å². The number of pyridine rings is 1. The van der Waals surface area contributed by atoms with Gasteiger partial charge in [0.25, 0.3) is 0 Å². The van der Waals surface area contributed by atoms with Gasteiger partial charge in [0.05, 0.1) is 33.8 Å². The molecule has 4 heterocycles. The van der Waals surface area contributed by atoms with Crippen LogP contribution in [-0.4, -0.2) is 73.2 Å². The maximum Gasteiger partial charge on any atom is 0.341 e. The molecule has 0 spiro atoms. The number of anilines is 2. The highest BCUT2D eigenvalue weighted by atomic mass is 32.1. The summed E-state index contributed by atoms with van der Waals surface area (Å²) in [6.07, 6.45) is 2.38. The van der Waals surface area contributed by atoms with Gasteiger partial charge in [-0.05, 0) is 36.8 Å². The molecule has 202 valence electrons. The van der Waals surface area contributed by atoms with E-state index in [-0.39, 0.29) is 17.8 Å². The van der Waals surface area contributed by atoms with Crippen molar-refractivity contribution in [3.05, 3.63) is 70.3 Å². The summed E-state index contributed by atoms with van der Waals surface area (Å²) in [5, 5.41) is 10.5. The van der Waals surface area contributed by atoms with Crippen molar-refractivity contribution < 1.29 is 23.8 Å². The molecule has 2 aliphatic rings. The van der Waals surface area contributed by atoms with Crippen LogP contribution >= 0.6 is 11.3 Å². The first-order chi connectivity index (χ1) is 18.8. The van der Waals surface area contributed by atoms with Crippen molar-refractivity contribution >= 4 is 38.3 Å². The second kappa shape index (κ2) is 10.1. The van der Waals surface area contributed by atoms with Crippen molar-refractivity contribution in [1.29, 1.82) is 0 Å². The lowest BCUT2D eigenvalue weighted by atomic mass is 10.1. The van der Waals surface area contributed by atoms with E-state index in [1.54, 1.807) is 30.9 Å². The molecule has 2 saturated heterocycles. The third kappa shape index (κ3) is 4.66. The normalized spacial score (nSPS) is 17.7. The van der Waals surface area contributed by atoms with E-state index in [0.29, 0.717) is 35.7 Å². The Kier molecular flexibility index (Phi) is 6.57. The molecule has 1 atom stereocenters. The molecule has 2 aromatic carbocycles. The van der Waals surface area contributed by atoms with Crippen LogP contribution in [-0.2, 0) is 9.47 Å². The Hall–Kier alpha value is -3.80. The Morgan fingerprint density at radius 3 is 2.51 bits per heavy atom. The quantitative estimate of drug-likeness (QED) is 0.369. The Morgan fingerprint density at radius 1 is 1.05 bits per heavy atom. The van der Waals surface area contributed by atoms with E-state index >= 15 is 4.39 Å². The van der Waals surface area contributed by atoms with Gasteiger partial charge in [-0.25, -0.2) is 14.2 Å². The molecule has 0 bridgehead atoms. The number of carbonyl (C=O) groups is 1. The van der Waals surface area contributed by atoms with Crippen molar-refractivity contribution in [2.45, 2.75) is 18.6 Å². The Morgan fingerprint density at radius 2 is 1.82 bits per heavy atom.